The van der Waals surface area contributed by atoms with Gasteiger partial charge in [0.15, 0.2) is 0 Å². The Hall–Kier alpha value is -2.66. The molecular weight excluding hydrogens is 290 g/mol. The van der Waals surface area contributed by atoms with Gasteiger partial charge in [-0.3, -0.25) is 9.59 Å². The van der Waals surface area contributed by atoms with Crippen molar-refractivity contribution in [2.24, 2.45) is 5.73 Å². The van der Waals surface area contributed by atoms with Crippen molar-refractivity contribution in [2.45, 2.75) is 19.8 Å². The van der Waals surface area contributed by atoms with Crippen LogP contribution in [-0.4, -0.2) is 18.4 Å². The highest BCUT2D eigenvalue weighted by atomic mass is 16.2. The fourth-order valence-corrected chi connectivity index (χ4v) is 2.21. The quantitative estimate of drug-likeness (QED) is 0.766. The number of benzene rings is 2. The number of hydrogen-bond donors (Lipinski definition) is 3. The van der Waals surface area contributed by atoms with Crippen molar-refractivity contribution < 1.29 is 9.59 Å². The normalized spacial score (nSPS) is 10.2. The smallest absolute Gasteiger partial charge is 0.228 e. The number of rotatable bonds is 6. The van der Waals surface area contributed by atoms with Gasteiger partial charge in [0, 0.05) is 24.3 Å². The first-order valence-corrected chi connectivity index (χ1v) is 7.53. The predicted molar refractivity (Wildman–Crippen MR) is 92.3 cm³/mol. The number of carbonyl (C=O) groups excluding carboxylic acids is 2. The average molecular weight is 311 g/mol. The molecule has 0 aliphatic rings. The summed E-state index contributed by atoms with van der Waals surface area (Å²) in [7, 11) is 0. The molecule has 0 heterocycles. The molecule has 0 bridgehead atoms. The Kier molecular flexibility index (Phi) is 5.88. The fourth-order valence-electron chi connectivity index (χ4n) is 2.21. The van der Waals surface area contributed by atoms with E-state index in [2.05, 4.69) is 10.6 Å². The van der Waals surface area contributed by atoms with Crippen LogP contribution in [0.1, 0.15) is 17.5 Å². The third-order valence-corrected chi connectivity index (χ3v) is 3.36. The predicted octanol–water partition coefficient (Wildman–Crippen LogP) is 2.46. The summed E-state index contributed by atoms with van der Waals surface area (Å²) in [4.78, 5) is 23.6. The first-order chi connectivity index (χ1) is 11.1. The van der Waals surface area contributed by atoms with E-state index >= 15 is 0 Å². The lowest BCUT2D eigenvalue weighted by Gasteiger charge is -2.11. The van der Waals surface area contributed by atoms with E-state index < -0.39 is 0 Å². The highest BCUT2D eigenvalue weighted by Crippen LogP contribution is 2.20. The zero-order valence-corrected chi connectivity index (χ0v) is 13.1. The second kappa shape index (κ2) is 8.10. The van der Waals surface area contributed by atoms with E-state index in [4.69, 9.17) is 5.73 Å². The van der Waals surface area contributed by atoms with Gasteiger partial charge in [-0.15, -0.1) is 0 Å². The second-order valence-electron chi connectivity index (χ2n) is 5.33. The van der Waals surface area contributed by atoms with E-state index in [0.29, 0.717) is 18.7 Å². The zero-order valence-electron chi connectivity index (χ0n) is 13.1. The summed E-state index contributed by atoms with van der Waals surface area (Å²) in [5, 5.41) is 5.67. The van der Waals surface area contributed by atoms with Crippen molar-refractivity contribution in [2.75, 3.05) is 17.2 Å². The lowest BCUT2D eigenvalue weighted by Crippen LogP contribution is -2.17. The maximum atomic E-state index is 12.1. The maximum absolute atomic E-state index is 12.1. The zero-order chi connectivity index (χ0) is 16.7. The molecule has 120 valence electrons. The van der Waals surface area contributed by atoms with E-state index in [9.17, 15) is 9.59 Å². The van der Waals surface area contributed by atoms with Gasteiger partial charge in [0.2, 0.25) is 11.8 Å². The standard InChI is InChI=1S/C18H21N3O2/c1-13-11-15(20-17(22)9-10-19)7-8-16(13)21-18(23)12-14-5-3-2-4-6-14/h2-8,11H,9-10,12,19H2,1H3,(H,20,22)(H,21,23). The summed E-state index contributed by atoms with van der Waals surface area (Å²) in [6, 6.07) is 15.0. The molecule has 0 aromatic heterocycles. The van der Waals surface area contributed by atoms with Crippen molar-refractivity contribution in [3.8, 4) is 0 Å². The molecule has 5 heteroatoms. The van der Waals surface area contributed by atoms with Crippen molar-refractivity contribution in [1.82, 2.24) is 0 Å². The molecule has 2 aromatic rings. The van der Waals surface area contributed by atoms with Crippen LogP contribution in [0.5, 0.6) is 0 Å². The van der Waals surface area contributed by atoms with E-state index in [0.717, 1.165) is 16.8 Å². The SMILES string of the molecule is Cc1cc(NC(=O)CCN)ccc1NC(=O)Cc1ccccc1. The molecule has 4 N–H and O–H groups in total. The number of carbonyl (C=O) groups is 2. The van der Waals surface area contributed by atoms with Crippen LogP contribution in [0.2, 0.25) is 0 Å². The average Bonchev–Trinajstić information content (AvgIpc) is 2.51. The summed E-state index contributed by atoms with van der Waals surface area (Å²) < 4.78 is 0. The van der Waals surface area contributed by atoms with E-state index in [1.54, 1.807) is 12.1 Å². The molecule has 0 radical (unpaired) electrons. The number of anilines is 2. The van der Waals surface area contributed by atoms with Crippen LogP contribution >= 0.6 is 0 Å². The Bertz CT molecular complexity index is 684. The molecule has 0 saturated heterocycles. The van der Waals surface area contributed by atoms with Gasteiger partial charge in [0.25, 0.3) is 0 Å². The highest BCUT2D eigenvalue weighted by Gasteiger charge is 2.07. The topological polar surface area (TPSA) is 84.2 Å². The Labute approximate surface area is 135 Å². The largest absolute Gasteiger partial charge is 0.330 e. The summed E-state index contributed by atoms with van der Waals surface area (Å²) in [5.41, 5.74) is 8.63. The molecule has 2 rings (SSSR count). The van der Waals surface area contributed by atoms with Gasteiger partial charge < -0.3 is 16.4 Å². The minimum Gasteiger partial charge on any atom is -0.330 e. The summed E-state index contributed by atoms with van der Waals surface area (Å²) in [6.07, 6.45) is 0.615. The number of hydrogen-bond acceptors (Lipinski definition) is 3. The van der Waals surface area contributed by atoms with Crippen LogP contribution < -0.4 is 16.4 Å². The third kappa shape index (κ3) is 5.23. The minimum absolute atomic E-state index is 0.0702. The minimum atomic E-state index is -0.118. The Morgan fingerprint density at radius 1 is 1.00 bits per heavy atom. The van der Waals surface area contributed by atoms with Crippen LogP contribution in [0.4, 0.5) is 11.4 Å². The van der Waals surface area contributed by atoms with Crippen molar-refractivity contribution in [3.05, 3.63) is 59.7 Å². The lowest BCUT2D eigenvalue weighted by atomic mass is 10.1. The van der Waals surface area contributed by atoms with Crippen LogP contribution in [0, 0.1) is 6.92 Å². The number of aryl methyl sites for hydroxylation is 1. The van der Waals surface area contributed by atoms with Crippen molar-refractivity contribution >= 4 is 23.2 Å². The van der Waals surface area contributed by atoms with Gasteiger partial charge in [-0.2, -0.15) is 0 Å². The van der Waals surface area contributed by atoms with Crippen molar-refractivity contribution in [3.63, 3.8) is 0 Å². The maximum Gasteiger partial charge on any atom is 0.228 e. The van der Waals surface area contributed by atoms with Gasteiger partial charge in [-0.05, 0) is 36.2 Å². The highest BCUT2D eigenvalue weighted by molar-refractivity contribution is 5.94. The fraction of sp³-hybridized carbons (Fsp3) is 0.222. The van der Waals surface area contributed by atoms with Gasteiger partial charge in [-0.1, -0.05) is 30.3 Å². The number of amides is 2. The van der Waals surface area contributed by atoms with Gasteiger partial charge in [0.1, 0.15) is 0 Å². The molecule has 0 fully saturated rings. The van der Waals surface area contributed by atoms with Gasteiger partial charge >= 0.3 is 0 Å². The summed E-state index contributed by atoms with van der Waals surface area (Å²) in [5.74, 6) is -0.188. The lowest BCUT2D eigenvalue weighted by molar-refractivity contribution is -0.116. The van der Waals surface area contributed by atoms with Crippen LogP contribution in [-0.2, 0) is 16.0 Å². The summed E-state index contributed by atoms with van der Waals surface area (Å²) >= 11 is 0. The third-order valence-electron chi connectivity index (χ3n) is 3.36. The van der Waals surface area contributed by atoms with Gasteiger partial charge in [-0.25, -0.2) is 0 Å². The molecule has 0 aliphatic heterocycles. The molecule has 0 aliphatic carbocycles. The van der Waals surface area contributed by atoms with Gasteiger partial charge in [0.05, 0.1) is 6.42 Å². The van der Waals surface area contributed by atoms with Crippen LogP contribution in [0.15, 0.2) is 48.5 Å². The molecular formula is C18H21N3O2. The second-order valence-corrected chi connectivity index (χ2v) is 5.33. The number of nitrogens with two attached hydrogens (primary N) is 1. The Morgan fingerprint density at radius 3 is 2.39 bits per heavy atom. The van der Waals surface area contributed by atoms with Crippen molar-refractivity contribution in [1.29, 1.82) is 0 Å². The molecule has 0 atom stereocenters. The monoisotopic (exact) mass is 311 g/mol. The van der Waals surface area contributed by atoms with Crippen LogP contribution in [0.25, 0.3) is 0 Å². The first kappa shape index (κ1) is 16.7. The first-order valence-electron chi connectivity index (χ1n) is 7.53. The Balaban J connectivity index is 1.98. The molecule has 23 heavy (non-hydrogen) atoms. The Morgan fingerprint density at radius 2 is 1.74 bits per heavy atom. The van der Waals surface area contributed by atoms with E-state index in [-0.39, 0.29) is 18.2 Å². The van der Waals surface area contributed by atoms with E-state index in [1.807, 2.05) is 43.3 Å². The molecule has 2 amide bonds. The molecule has 5 nitrogen and oxygen atoms in total. The molecule has 0 unspecified atom stereocenters. The van der Waals surface area contributed by atoms with Crippen LogP contribution in [0.3, 0.4) is 0 Å². The molecule has 0 spiro atoms. The molecule has 2 aromatic carbocycles. The number of nitrogens with one attached hydrogen (secondary N) is 2. The molecule has 0 saturated carbocycles. The summed E-state index contributed by atoms with van der Waals surface area (Å²) in [6.45, 7) is 2.20. The van der Waals surface area contributed by atoms with E-state index in [1.165, 1.54) is 0 Å².